The van der Waals surface area contributed by atoms with Crippen LogP contribution in [0, 0.1) is 0 Å². The average Bonchev–Trinajstić information content (AvgIpc) is 3.33. The molecule has 14 heteroatoms. The molecule has 1 saturated heterocycles. The molecule has 210 valence electrons. The van der Waals surface area contributed by atoms with Crippen molar-refractivity contribution in [1.82, 2.24) is 4.98 Å². The SMILES string of the molecule is CC(=O)OC[C@@H]1O[C@H](Oc2ccc(C(=O)Cc3cscn3)c(O)c2)[C@H](OC(C)=O)[C@@H](OC(C)=O)[C@H]1OC(C)=O. The molecule has 1 aliphatic heterocycles. The van der Waals surface area contributed by atoms with Crippen LogP contribution in [-0.4, -0.2) is 77.1 Å². The number of phenolic OH excluding ortho intramolecular Hbond substituents is 1. The van der Waals surface area contributed by atoms with Crippen LogP contribution in [0.2, 0.25) is 0 Å². The number of ketones is 1. The standard InChI is InChI=1S/C25H27NO12S/c1-12(27)33-9-21-22(34-13(2)28)23(35-14(3)29)24(36-15(4)30)25(38-21)37-17-5-6-18(20(32)8-17)19(31)7-16-10-39-11-26-16/h5-6,8,10-11,21-25,32H,7,9H2,1-4H3/t21-,22-,23-,24+,25-/m0/s1. The lowest BCUT2D eigenvalue weighted by Gasteiger charge is -2.43. The summed E-state index contributed by atoms with van der Waals surface area (Å²) in [4.78, 5) is 63.8. The van der Waals surface area contributed by atoms with Gasteiger partial charge in [-0.15, -0.1) is 11.3 Å². The van der Waals surface area contributed by atoms with Gasteiger partial charge < -0.3 is 33.5 Å². The van der Waals surface area contributed by atoms with Crippen LogP contribution in [0.15, 0.2) is 29.1 Å². The van der Waals surface area contributed by atoms with E-state index >= 15 is 0 Å². The summed E-state index contributed by atoms with van der Waals surface area (Å²) in [6, 6.07) is 3.87. The topological polar surface area (TPSA) is 174 Å². The molecule has 0 saturated carbocycles. The zero-order valence-corrected chi connectivity index (χ0v) is 22.3. The Morgan fingerprint density at radius 2 is 1.56 bits per heavy atom. The Hall–Kier alpha value is -4.04. The molecule has 2 aromatic rings. The van der Waals surface area contributed by atoms with Crippen molar-refractivity contribution >= 4 is 41.0 Å². The lowest BCUT2D eigenvalue weighted by molar-refractivity contribution is -0.288. The Morgan fingerprint density at radius 3 is 2.13 bits per heavy atom. The minimum absolute atomic E-state index is 0.00129. The molecular weight excluding hydrogens is 538 g/mol. The van der Waals surface area contributed by atoms with E-state index in [1.807, 2.05) is 0 Å². The molecule has 39 heavy (non-hydrogen) atoms. The minimum Gasteiger partial charge on any atom is -0.507 e. The predicted molar refractivity (Wildman–Crippen MR) is 131 cm³/mol. The lowest BCUT2D eigenvalue weighted by atomic mass is 9.98. The molecule has 0 unspecified atom stereocenters. The van der Waals surface area contributed by atoms with Crippen LogP contribution in [0.25, 0.3) is 0 Å². The summed E-state index contributed by atoms with van der Waals surface area (Å²) in [5.41, 5.74) is 2.17. The number of carbonyl (C=O) groups excluding carboxylic acids is 5. The number of benzene rings is 1. The molecule has 1 aromatic heterocycles. The van der Waals surface area contributed by atoms with Gasteiger partial charge >= 0.3 is 23.9 Å². The molecule has 0 aliphatic carbocycles. The number of esters is 4. The normalized spacial score (nSPS) is 22.3. The van der Waals surface area contributed by atoms with Crippen molar-refractivity contribution in [3.8, 4) is 11.5 Å². The molecular formula is C25H27NO12S. The van der Waals surface area contributed by atoms with E-state index in [9.17, 15) is 29.1 Å². The molecule has 0 spiro atoms. The van der Waals surface area contributed by atoms with Crippen molar-refractivity contribution in [1.29, 1.82) is 0 Å². The van der Waals surface area contributed by atoms with Crippen LogP contribution in [-0.2, 0) is 49.3 Å². The first-order valence-corrected chi connectivity index (χ1v) is 12.6. The highest BCUT2D eigenvalue weighted by Crippen LogP contribution is 2.32. The number of carbonyl (C=O) groups is 5. The Balaban J connectivity index is 1.91. The second kappa shape index (κ2) is 13.2. The van der Waals surface area contributed by atoms with Gasteiger partial charge in [-0.3, -0.25) is 24.0 Å². The van der Waals surface area contributed by atoms with Crippen molar-refractivity contribution in [2.75, 3.05) is 6.61 Å². The van der Waals surface area contributed by atoms with E-state index in [1.54, 1.807) is 10.9 Å². The van der Waals surface area contributed by atoms with Crippen molar-refractivity contribution in [2.45, 2.75) is 64.8 Å². The van der Waals surface area contributed by atoms with Crippen molar-refractivity contribution in [3.63, 3.8) is 0 Å². The van der Waals surface area contributed by atoms with Crippen LogP contribution >= 0.6 is 11.3 Å². The number of nitrogens with zero attached hydrogens (tertiary/aromatic N) is 1. The summed E-state index contributed by atoms with van der Waals surface area (Å²) in [5.74, 6) is -3.78. The van der Waals surface area contributed by atoms with Gasteiger partial charge in [0.1, 0.15) is 24.2 Å². The highest BCUT2D eigenvalue weighted by molar-refractivity contribution is 7.07. The Bertz CT molecular complexity index is 1210. The van der Waals surface area contributed by atoms with Crippen LogP contribution in [0.5, 0.6) is 11.5 Å². The third-order valence-corrected chi connectivity index (χ3v) is 5.93. The maximum atomic E-state index is 12.6. The molecule has 13 nitrogen and oxygen atoms in total. The fourth-order valence-electron chi connectivity index (χ4n) is 3.82. The molecule has 1 aromatic carbocycles. The number of phenols is 1. The summed E-state index contributed by atoms with van der Waals surface area (Å²) in [5, 5.41) is 12.2. The van der Waals surface area contributed by atoms with E-state index in [4.69, 9.17) is 28.4 Å². The highest BCUT2D eigenvalue weighted by atomic mass is 32.1. The molecule has 1 N–H and O–H groups in total. The molecule has 0 amide bonds. The number of aromatic nitrogens is 1. The van der Waals surface area contributed by atoms with E-state index in [0.29, 0.717) is 5.69 Å². The van der Waals surface area contributed by atoms with Crippen molar-refractivity contribution in [3.05, 3.63) is 40.3 Å². The smallest absolute Gasteiger partial charge is 0.303 e. The van der Waals surface area contributed by atoms with E-state index < -0.39 is 66.9 Å². The van der Waals surface area contributed by atoms with Crippen molar-refractivity contribution in [2.24, 2.45) is 0 Å². The van der Waals surface area contributed by atoms with Gasteiger partial charge in [-0.2, -0.15) is 0 Å². The number of rotatable bonds is 10. The third kappa shape index (κ3) is 8.22. The number of Topliss-reactive ketones (excluding diaryl/α,β-unsaturated/α-hetero) is 1. The van der Waals surface area contributed by atoms with Crippen molar-refractivity contribution < 1.29 is 57.5 Å². The fourth-order valence-corrected chi connectivity index (χ4v) is 4.38. The Morgan fingerprint density at radius 1 is 0.923 bits per heavy atom. The second-order valence-corrected chi connectivity index (χ2v) is 9.16. The summed E-state index contributed by atoms with van der Waals surface area (Å²) in [6.07, 6.45) is -6.90. The molecule has 1 fully saturated rings. The number of aromatic hydroxyl groups is 1. The van der Waals surface area contributed by atoms with Gasteiger partial charge in [0.15, 0.2) is 18.0 Å². The summed E-state index contributed by atoms with van der Waals surface area (Å²) >= 11 is 1.34. The summed E-state index contributed by atoms with van der Waals surface area (Å²) < 4.78 is 32.7. The zero-order chi connectivity index (χ0) is 28.7. The average molecular weight is 566 g/mol. The van der Waals surface area contributed by atoms with E-state index in [1.165, 1.54) is 23.5 Å². The minimum atomic E-state index is -1.48. The fraction of sp³-hybridized carbons (Fsp3) is 0.440. The van der Waals surface area contributed by atoms with E-state index in [2.05, 4.69) is 4.98 Å². The second-order valence-electron chi connectivity index (χ2n) is 8.44. The number of hydrogen-bond acceptors (Lipinski definition) is 14. The molecule has 5 atom stereocenters. The van der Waals surface area contributed by atoms with Gasteiger partial charge in [-0.1, -0.05) is 0 Å². The summed E-state index contributed by atoms with van der Waals surface area (Å²) in [6.45, 7) is 4.04. The quantitative estimate of drug-likeness (QED) is 0.251. The first-order valence-electron chi connectivity index (χ1n) is 11.6. The maximum Gasteiger partial charge on any atom is 0.303 e. The van der Waals surface area contributed by atoms with Gasteiger partial charge in [-0.05, 0) is 12.1 Å². The van der Waals surface area contributed by atoms with Gasteiger partial charge in [0.2, 0.25) is 12.4 Å². The van der Waals surface area contributed by atoms with Crippen LogP contribution in [0.1, 0.15) is 43.7 Å². The first-order chi connectivity index (χ1) is 18.4. The van der Waals surface area contributed by atoms with E-state index in [-0.39, 0.29) is 23.5 Å². The largest absolute Gasteiger partial charge is 0.507 e. The summed E-state index contributed by atoms with van der Waals surface area (Å²) in [7, 11) is 0. The van der Waals surface area contributed by atoms with Crippen LogP contribution in [0.3, 0.4) is 0 Å². The zero-order valence-electron chi connectivity index (χ0n) is 21.5. The first kappa shape index (κ1) is 29.5. The maximum absolute atomic E-state index is 12.6. The lowest BCUT2D eigenvalue weighted by Crippen LogP contribution is -2.63. The van der Waals surface area contributed by atoms with Gasteiger partial charge in [-0.25, -0.2) is 4.98 Å². The van der Waals surface area contributed by atoms with Crippen LogP contribution in [0.4, 0.5) is 0 Å². The molecule has 0 bridgehead atoms. The predicted octanol–water partition coefficient (Wildman–Crippen LogP) is 1.74. The number of ether oxygens (including phenoxy) is 6. The number of thiazole rings is 1. The molecule has 2 heterocycles. The number of hydrogen-bond donors (Lipinski definition) is 1. The van der Waals surface area contributed by atoms with Gasteiger partial charge in [0.05, 0.1) is 23.2 Å². The monoisotopic (exact) mass is 565 g/mol. The molecule has 1 aliphatic rings. The van der Waals surface area contributed by atoms with E-state index in [0.717, 1.165) is 33.8 Å². The van der Waals surface area contributed by atoms with Gasteiger partial charge in [0.25, 0.3) is 0 Å². The molecule has 3 rings (SSSR count). The third-order valence-electron chi connectivity index (χ3n) is 5.30. The highest BCUT2D eigenvalue weighted by Gasteiger charge is 2.53. The molecule has 0 radical (unpaired) electrons. The Kier molecular flexibility index (Phi) is 9.95. The van der Waals surface area contributed by atoms with Gasteiger partial charge in [0, 0.05) is 39.1 Å². The van der Waals surface area contributed by atoms with Crippen LogP contribution < -0.4 is 4.74 Å². The Labute approximate surface area is 226 Å².